The van der Waals surface area contributed by atoms with Gasteiger partial charge in [0, 0.05) is 50.8 Å². The quantitative estimate of drug-likeness (QED) is 0.692. The molecule has 1 atom stereocenters. The molecule has 160 valence electrons. The SMILES string of the molecule is CNC(=O)C1(c2ccccn2)CCCN(C(=O)c2ccccc2Cn2ccnc2C)C1. The molecular weight excluding hydrogens is 390 g/mol. The summed E-state index contributed by atoms with van der Waals surface area (Å²) in [5.41, 5.74) is 1.45. The number of hydrogen-bond acceptors (Lipinski definition) is 4. The van der Waals surface area contributed by atoms with E-state index in [2.05, 4.69) is 15.3 Å². The Kier molecular flexibility index (Phi) is 5.84. The molecule has 1 fully saturated rings. The number of amides is 2. The number of likely N-dealkylation sites (tertiary alicyclic amines) is 1. The summed E-state index contributed by atoms with van der Waals surface area (Å²) in [6, 6.07) is 13.3. The van der Waals surface area contributed by atoms with Crippen LogP contribution in [0.5, 0.6) is 0 Å². The molecule has 1 unspecified atom stereocenters. The number of imidazole rings is 1. The van der Waals surface area contributed by atoms with Crippen molar-refractivity contribution in [3.05, 3.63) is 83.7 Å². The number of aryl methyl sites for hydroxylation is 1. The van der Waals surface area contributed by atoms with Crippen molar-refractivity contribution in [1.29, 1.82) is 0 Å². The van der Waals surface area contributed by atoms with Crippen molar-refractivity contribution < 1.29 is 9.59 Å². The Bertz CT molecular complexity index is 1080. The van der Waals surface area contributed by atoms with Crippen LogP contribution >= 0.6 is 0 Å². The summed E-state index contributed by atoms with van der Waals surface area (Å²) in [5, 5.41) is 2.79. The van der Waals surface area contributed by atoms with Crippen molar-refractivity contribution in [1.82, 2.24) is 24.8 Å². The number of pyridine rings is 1. The smallest absolute Gasteiger partial charge is 0.254 e. The number of nitrogens with one attached hydrogen (secondary N) is 1. The van der Waals surface area contributed by atoms with Crippen LogP contribution in [-0.4, -0.2) is 51.4 Å². The fourth-order valence-corrected chi connectivity index (χ4v) is 4.42. The molecule has 4 rings (SSSR count). The van der Waals surface area contributed by atoms with Crippen LogP contribution in [0.15, 0.2) is 61.1 Å². The molecule has 1 N–H and O–H groups in total. The van der Waals surface area contributed by atoms with E-state index in [4.69, 9.17) is 0 Å². The lowest BCUT2D eigenvalue weighted by Crippen LogP contribution is -2.56. The van der Waals surface area contributed by atoms with Crippen LogP contribution in [0, 0.1) is 6.92 Å². The van der Waals surface area contributed by atoms with Crippen LogP contribution in [0.3, 0.4) is 0 Å². The van der Waals surface area contributed by atoms with Crippen LogP contribution < -0.4 is 5.32 Å². The topological polar surface area (TPSA) is 80.1 Å². The third-order valence-corrected chi connectivity index (χ3v) is 6.11. The highest BCUT2D eigenvalue weighted by Gasteiger charge is 2.45. The largest absolute Gasteiger partial charge is 0.358 e. The van der Waals surface area contributed by atoms with Crippen molar-refractivity contribution in [2.45, 2.75) is 31.7 Å². The Labute approximate surface area is 182 Å². The number of aromatic nitrogens is 3. The first-order valence-corrected chi connectivity index (χ1v) is 10.5. The minimum Gasteiger partial charge on any atom is -0.358 e. The lowest BCUT2D eigenvalue weighted by molar-refractivity contribution is -0.128. The van der Waals surface area contributed by atoms with Gasteiger partial charge in [-0.1, -0.05) is 24.3 Å². The summed E-state index contributed by atoms with van der Waals surface area (Å²) >= 11 is 0. The minimum atomic E-state index is -0.847. The van der Waals surface area contributed by atoms with Crippen LogP contribution in [0.25, 0.3) is 0 Å². The fourth-order valence-electron chi connectivity index (χ4n) is 4.42. The number of rotatable bonds is 5. The number of piperidine rings is 1. The molecule has 2 amide bonds. The van der Waals surface area contributed by atoms with E-state index in [0.717, 1.165) is 17.8 Å². The number of hydrogen-bond donors (Lipinski definition) is 1. The molecule has 0 spiro atoms. The lowest BCUT2D eigenvalue weighted by Gasteiger charge is -2.41. The second-order valence-electron chi connectivity index (χ2n) is 7.97. The van der Waals surface area contributed by atoms with Crippen LogP contribution in [0.4, 0.5) is 0 Å². The molecule has 1 saturated heterocycles. The number of carbonyl (C=O) groups is 2. The average Bonchev–Trinajstić information content (AvgIpc) is 3.23. The zero-order valence-corrected chi connectivity index (χ0v) is 17.9. The van der Waals surface area contributed by atoms with E-state index in [1.165, 1.54) is 0 Å². The molecule has 0 saturated carbocycles. The van der Waals surface area contributed by atoms with Crippen molar-refractivity contribution in [2.75, 3.05) is 20.1 Å². The average molecular weight is 418 g/mol. The Morgan fingerprint density at radius 1 is 1.10 bits per heavy atom. The maximum absolute atomic E-state index is 13.6. The summed E-state index contributed by atoms with van der Waals surface area (Å²) in [6.45, 7) is 3.44. The van der Waals surface area contributed by atoms with E-state index in [9.17, 15) is 9.59 Å². The molecule has 1 aliphatic heterocycles. The van der Waals surface area contributed by atoms with Gasteiger partial charge in [0.2, 0.25) is 5.91 Å². The van der Waals surface area contributed by atoms with Gasteiger partial charge in [-0.25, -0.2) is 4.98 Å². The van der Waals surface area contributed by atoms with Gasteiger partial charge in [-0.3, -0.25) is 14.6 Å². The Balaban J connectivity index is 1.65. The Morgan fingerprint density at radius 2 is 1.90 bits per heavy atom. The summed E-state index contributed by atoms with van der Waals surface area (Å²) in [7, 11) is 1.64. The molecule has 0 bridgehead atoms. The van der Waals surface area contributed by atoms with Crippen LogP contribution in [-0.2, 0) is 16.8 Å². The van der Waals surface area contributed by atoms with Gasteiger partial charge in [-0.2, -0.15) is 0 Å². The third kappa shape index (κ3) is 3.95. The Morgan fingerprint density at radius 3 is 2.61 bits per heavy atom. The van der Waals surface area contributed by atoms with Gasteiger partial charge in [-0.05, 0) is 43.5 Å². The molecule has 7 nitrogen and oxygen atoms in total. The first-order chi connectivity index (χ1) is 15.0. The minimum absolute atomic E-state index is 0.0581. The highest BCUT2D eigenvalue weighted by atomic mass is 16.2. The molecule has 2 aromatic heterocycles. The van der Waals surface area contributed by atoms with Gasteiger partial charge in [-0.15, -0.1) is 0 Å². The van der Waals surface area contributed by atoms with Crippen molar-refractivity contribution in [3.8, 4) is 0 Å². The monoisotopic (exact) mass is 417 g/mol. The number of nitrogens with zero attached hydrogens (tertiary/aromatic N) is 4. The van der Waals surface area contributed by atoms with E-state index < -0.39 is 5.41 Å². The van der Waals surface area contributed by atoms with E-state index in [-0.39, 0.29) is 11.8 Å². The maximum atomic E-state index is 13.6. The van der Waals surface area contributed by atoms with Gasteiger partial charge < -0.3 is 14.8 Å². The predicted octanol–water partition coefficient (Wildman–Crippen LogP) is 2.55. The van der Waals surface area contributed by atoms with Crippen LogP contribution in [0.1, 0.15) is 40.3 Å². The summed E-state index contributed by atoms with van der Waals surface area (Å²) in [5.74, 6) is 0.734. The standard InChI is InChI=1S/C24H27N5O2/c1-18-26-13-15-28(18)16-19-8-3-4-9-20(19)22(30)29-14-7-11-24(17-29,23(31)25-2)21-10-5-6-12-27-21/h3-6,8-10,12-13,15H,7,11,14,16-17H2,1-2H3,(H,25,31). The second kappa shape index (κ2) is 8.71. The predicted molar refractivity (Wildman–Crippen MR) is 118 cm³/mol. The van der Waals surface area contributed by atoms with E-state index in [0.29, 0.717) is 37.3 Å². The second-order valence-corrected chi connectivity index (χ2v) is 7.97. The lowest BCUT2D eigenvalue weighted by atomic mass is 9.75. The van der Waals surface area contributed by atoms with Crippen molar-refractivity contribution in [3.63, 3.8) is 0 Å². The summed E-state index contributed by atoms with van der Waals surface area (Å²) in [4.78, 5) is 37.2. The molecule has 3 heterocycles. The number of benzene rings is 1. The first-order valence-electron chi connectivity index (χ1n) is 10.5. The van der Waals surface area contributed by atoms with E-state index in [1.807, 2.05) is 60.2 Å². The Hall–Kier alpha value is -3.48. The zero-order chi connectivity index (χ0) is 21.8. The summed E-state index contributed by atoms with van der Waals surface area (Å²) in [6.07, 6.45) is 6.76. The van der Waals surface area contributed by atoms with Gasteiger partial charge in [0.25, 0.3) is 5.91 Å². The molecule has 3 aromatic rings. The molecule has 1 aromatic carbocycles. The molecular formula is C24H27N5O2. The fraction of sp³-hybridized carbons (Fsp3) is 0.333. The normalized spacial score (nSPS) is 18.6. The highest BCUT2D eigenvalue weighted by molar-refractivity contribution is 5.97. The van der Waals surface area contributed by atoms with Crippen LogP contribution in [0.2, 0.25) is 0 Å². The highest BCUT2D eigenvalue weighted by Crippen LogP contribution is 2.34. The molecule has 0 radical (unpaired) electrons. The van der Waals surface area contributed by atoms with Gasteiger partial charge >= 0.3 is 0 Å². The van der Waals surface area contributed by atoms with Crippen molar-refractivity contribution in [2.24, 2.45) is 0 Å². The number of likely N-dealkylation sites (N-methyl/N-ethyl adjacent to an activating group) is 1. The van der Waals surface area contributed by atoms with Crippen molar-refractivity contribution >= 4 is 11.8 Å². The molecule has 1 aliphatic rings. The first kappa shape index (κ1) is 20.8. The van der Waals surface area contributed by atoms with Gasteiger partial charge in [0.1, 0.15) is 11.2 Å². The maximum Gasteiger partial charge on any atom is 0.254 e. The van der Waals surface area contributed by atoms with Gasteiger partial charge in [0.05, 0.1) is 5.69 Å². The molecule has 0 aliphatic carbocycles. The zero-order valence-electron chi connectivity index (χ0n) is 17.9. The summed E-state index contributed by atoms with van der Waals surface area (Å²) < 4.78 is 2.02. The van der Waals surface area contributed by atoms with E-state index in [1.54, 1.807) is 24.3 Å². The van der Waals surface area contributed by atoms with E-state index >= 15 is 0 Å². The molecule has 7 heteroatoms. The van der Waals surface area contributed by atoms with Gasteiger partial charge in [0.15, 0.2) is 0 Å². The molecule has 31 heavy (non-hydrogen) atoms. The number of carbonyl (C=O) groups excluding carboxylic acids is 2. The third-order valence-electron chi connectivity index (χ3n) is 6.11.